The standard InChI is InChI=1S/C23H27N3O2/c1-15(2)16-7-6-8-18(13-16)24-22(27)17-10-11-19-20(14-17)25(3)21-9-4-5-12-26(21)23(19)28/h6-8,10-11,13-15,21H,4-5,9,12H2,1-3H3,(H,24,27)/t21-/m1/s1. The van der Waals surface area contributed by atoms with Gasteiger partial charge in [-0.1, -0.05) is 26.0 Å². The fourth-order valence-corrected chi connectivity index (χ4v) is 4.19. The smallest absolute Gasteiger partial charge is 0.257 e. The van der Waals surface area contributed by atoms with Gasteiger partial charge >= 0.3 is 0 Å². The van der Waals surface area contributed by atoms with Crippen molar-refractivity contribution in [2.24, 2.45) is 0 Å². The number of nitrogens with zero attached hydrogens (tertiary/aromatic N) is 2. The molecule has 1 saturated heterocycles. The monoisotopic (exact) mass is 377 g/mol. The van der Waals surface area contributed by atoms with E-state index in [4.69, 9.17) is 0 Å². The number of carbonyl (C=O) groups is 2. The zero-order chi connectivity index (χ0) is 19.8. The second-order valence-corrected chi connectivity index (χ2v) is 8.05. The van der Waals surface area contributed by atoms with E-state index in [9.17, 15) is 9.59 Å². The van der Waals surface area contributed by atoms with E-state index >= 15 is 0 Å². The van der Waals surface area contributed by atoms with Crippen molar-refractivity contribution in [3.8, 4) is 0 Å². The number of nitrogens with one attached hydrogen (secondary N) is 1. The van der Waals surface area contributed by atoms with Crippen LogP contribution in [-0.4, -0.2) is 36.5 Å². The topological polar surface area (TPSA) is 52.7 Å². The quantitative estimate of drug-likeness (QED) is 0.859. The van der Waals surface area contributed by atoms with Crippen LogP contribution >= 0.6 is 0 Å². The minimum absolute atomic E-state index is 0.0781. The van der Waals surface area contributed by atoms with Gasteiger partial charge in [0.2, 0.25) is 0 Å². The van der Waals surface area contributed by atoms with Crippen molar-refractivity contribution in [2.45, 2.75) is 45.2 Å². The molecule has 0 aromatic heterocycles. The van der Waals surface area contributed by atoms with Gasteiger partial charge in [0.05, 0.1) is 11.3 Å². The van der Waals surface area contributed by atoms with Gasteiger partial charge in [-0.2, -0.15) is 0 Å². The van der Waals surface area contributed by atoms with Crippen LogP contribution in [0.4, 0.5) is 11.4 Å². The van der Waals surface area contributed by atoms with Crippen LogP contribution < -0.4 is 10.2 Å². The molecule has 0 aliphatic carbocycles. The summed E-state index contributed by atoms with van der Waals surface area (Å²) in [6.07, 6.45) is 3.25. The lowest BCUT2D eigenvalue weighted by Crippen LogP contribution is -2.55. The van der Waals surface area contributed by atoms with E-state index in [-0.39, 0.29) is 18.0 Å². The summed E-state index contributed by atoms with van der Waals surface area (Å²) in [5.74, 6) is 0.323. The molecule has 4 rings (SSSR count). The minimum atomic E-state index is -0.157. The van der Waals surface area contributed by atoms with E-state index in [1.54, 1.807) is 12.1 Å². The van der Waals surface area contributed by atoms with Crippen molar-refractivity contribution in [1.82, 2.24) is 4.90 Å². The summed E-state index contributed by atoms with van der Waals surface area (Å²) in [5, 5.41) is 2.99. The predicted octanol–water partition coefficient (Wildman–Crippen LogP) is 4.46. The number of anilines is 2. The molecule has 0 radical (unpaired) electrons. The van der Waals surface area contributed by atoms with Gasteiger partial charge in [-0.3, -0.25) is 9.59 Å². The number of carbonyl (C=O) groups excluding carboxylic acids is 2. The van der Waals surface area contributed by atoms with Crippen LogP contribution in [0.5, 0.6) is 0 Å². The Hall–Kier alpha value is -2.82. The number of benzene rings is 2. The maximum atomic E-state index is 12.9. The van der Waals surface area contributed by atoms with E-state index in [0.29, 0.717) is 17.0 Å². The van der Waals surface area contributed by atoms with Crippen LogP contribution in [0.15, 0.2) is 42.5 Å². The summed E-state index contributed by atoms with van der Waals surface area (Å²) >= 11 is 0. The highest BCUT2D eigenvalue weighted by Crippen LogP contribution is 2.35. The van der Waals surface area contributed by atoms with E-state index in [1.807, 2.05) is 36.2 Å². The Kier molecular flexibility index (Phi) is 4.84. The molecule has 1 atom stereocenters. The average molecular weight is 377 g/mol. The first-order valence-electron chi connectivity index (χ1n) is 10.0. The summed E-state index contributed by atoms with van der Waals surface area (Å²) in [6, 6.07) is 13.3. The highest BCUT2D eigenvalue weighted by atomic mass is 16.2. The van der Waals surface area contributed by atoms with E-state index < -0.39 is 0 Å². The van der Waals surface area contributed by atoms with Gasteiger partial charge in [0.15, 0.2) is 0 Å². The Morgan fingerprint density at radius 2 is 1.96 bits per heavy atom. The Morgan fingerprint density at radius 1 is 1.14 bits per heavy atom. The molecular formula is C23H27N3O2. The third kappa shape index (κ3) is 3.26. The summed E-state index contributed by atoms with van der Waals surface area (Å²) < 4.78 is 0. The summed E-state index contributed by atoms with van der Waals surface area (Å²) in [6.45, 7) is 5.07. The largest absolute Gasteiger partial charge is 0.354 e. The van der Waals surface area contributed by atoms with Crippen molar-refractivity contribution in [3.05, 3.63) is 59.2 Å². The first-order chi connectivity index (χ1) is 13.5. The Bertz CT molecular complexity index is 922. The summed E-state index contributed by atoms with van der Waals surface area (Å²) in [4.78, 5) is 29.8. The van der Waals surface area contributed by atoms with Crippen molar-refractivity contribution < 1.29 is 9.59 Å². The molecule has 0 bridgehead atoms. The molecule has 1 fully saturated rings. The Morgan fingerprint density at radius 3 is 2.75 bits per heavy atom. The summed E-state index contributed by atoms with van der Waals surface area (Å²) in [7, 11) is 2.02. The SMILES string of the molecule is CC(C)c1cccc(NC(=O)c2ccc3c(c2)N(C)[C@H]2CCCCN2C3=O)c1. The molecule has 2 amide bonds. The van der Waals surface area contributed by atoms with E-state index in [1.165, 1.54) is 5.56 Å². The van der Waals surface area contributed by atoms with Gasteiger partial charge in [0.25, 0.3) is 11.8 Å². The molecule has 146 valence electrons. The van der Waals surface area contributed by atoms with Crippen LogP contribution in [0.3, 0.4) is 0 Å². The Balaban J connectivity index is 1.60. The minimum Gasteiger partial charge on any atom is -0.354 e. The lowest BCUT2D eigenvalue weighted by Gasteiger charge is -2.46. The second-order valence-electron chi connectivity index (χ2n) is 8.05. The fraction of sp³-hybridized carbons (Fsp3) is 0.391. The van der Waals surface area contributed by atoms with Crippen molar-refractivity contribution in [2.75, 3.05) is 23.8 Å². The maximum Gasteiger partial charge on any atom is 0.257 e. The number of amides is 2. The Labute approximate surface area is 166 Å². The molecule has 0 saturated carbocycles. The molecule has 2 aromatic rings. The van der Waals surface area contributed by atoms with Crippen molar-refractivity contribution in [3.63, 3.8) is 0 Å². The van der Waals surface area contributed by atoms with E-state index in [2.05, 4.69) is 30.1 Å². The molecule has 28 heavy (non-hydrogen) atoms. The predicted molar refractivity (Wildman–Crippen MR) is 112 cm³/mol. The number of hydrogen-bond acceptors (Lipinski definition) is 3. The molecule has 5 nitrogen and oxygen atoms in total. The van der Waals surface area contributed by atoms with Crippen LogP contribution in [0, 0.1) is 0 Å². The maximum absolute atomic E-state index is 12.9. The van der Waals surface area contributed by atoms with Gasteiger partial charge in [0.1, 0.15) is 6.17 Å². The highest BCUT2D eigenvalue weighted by Gasteiger charge is 2.37. The van der Waals surface area contributed by atoms with Crippen molar-refractivity contribution >= 4 is 23.2 Å². The molecule has 0 spiro atoms. The number of rotatable bonds is 3. The van der Waals surface area contributed by atoms with Crippen LogP contribution in [0.2, 0.25) is 0 Å². The number of piperidine rings is 1. The third-order valence-corrected chi connectivity index (χ3v) is 5.86. The van der Waals surface area contributed by atoms with Crippen molar-refractivity contribution in [1.29, 1.82) is 0 Å². The molecule has 2 heterocycles. The molecule has 2 aromatic carbocycles. The van der Waals surface area contributed by atoms with Gasteiger partial charge in [0, 0.05) is 24.8 Å². The highest BCUT2D eigenvalue weighted by molar-refractivity contribution is 6.08. The lowest BCUT2D eigenvalue weighted by atomic mass is 9.97. The van der Waals surface area contributed by atoms with Gasteiger partial charge < -0.3 is 15.1 Å². The average Bonchev–Trinajstić information content (AvgIpc) is 2.71. The van der Waals surface area contributed by atoms with Crippen LogP contribution in [0.25, 0.3) is 0 Å². The fourth-order valence-electron chi connectivity index (χ4n) is 4.19. The van der Waals surface area contributed by atoms with Crippen LogP contribution in [0.1, 0.15) is 65.3 Å². The molecule has 5 heteroatoms. The van der Waals surface area contributed by atoms with E-state index in [0.717, 1.165) is 37.2 Å². The number of fused-ring (bicyclic) bond motifs is 2. The van der Waals surface area contributed by atoms with Gasteiger partial charge in [-0.05, 0) is 61.1 Å². The normalized spacial score (nSPS) is 18.7. The second kappa shape index (κ2) is 7.30. The molecule has 2 aliphatic rings. The zero-order valence-electron chi connectivity index (χ0n) is 16.7. The third-order valence-electron chi connectivity index (χ3n) is 5.86. The molecule has 2 aliphatic heterocycles. The lowest BCUT2D eigenvalue weighted by molar-refractivity contribution is 0.0589. The van der Waals surface area contributed by atoms with Crippen LogP contribution in [-0.2, 0) is 0 Å². The zero-order valence-corrected chi connectivity index (χ0v) is 16.7. The molecule has 0 unspecified atom stereocenters. The number of hydrogen-bond donors (Lipinski definition) is 1. The molecule has 1 N–H and O–H groups in total. The van der Waals surface area contributed by atoms with Gasteiger partial charge in [-0.15, -0.1) is 0 Å². The first kappa shape index (κ1) is 18.5. The van der Waals surface area contributed by atoms with Gasteiger partial charge in [-0.25, -0.2) is 0 Å². The summed E-state index contributed by atoms with van der Waals surface area (Å²) in [5.41, 5.74) is 4.07. The molecular weight excluding hydrogens is 350 g/mol. The first-order valence-corrected chi connectivity index (χ1v) is 10.0.